The van der Waals surface area contributed by atoms with Crippen molar-refractivity contribution in [2.24, 2.45) is 5.73 Å². The van der Waals surface area contributed by atoms with Gasteiger partial charge in [-0.1, -0.05) is 39.7 Å². The van der Waals surface area contributed by atoms with Gasteiger partial charge in [-0.3, -0.25) is 0 Å². The highest BCUT2D eigenvalue weighted by Gasteiger charge is 2.22. The van der Waals surface area contributed by atoms with E-state index in [1.165, 1.54) is 12.1 Å². The van der Waals surface area contributed by atoms with Crippen LogP contribution in [0.25, 0.3) is 0 Å². The molecular formula is C15H14BrClFN. The molecule has 0 aliphatic heterocycles. The van der Waals surface area contributed by atoms with Crippen LogP contribution in [0.4, 0.5) is 4.39 Å². The Hall–Kier alpha value is -0.900. The normalized spacial score (nSPS) is 14.2. The molecule has 2 N–H and O–H groups in total. The van der Waals surface area contributed by atoms with Crippen molar-refractivity contribution in [2.45, 2.75) is 18.9 Å². The Bertz CT molecular complexity index is 561. The summed E-state index contributed by atoms with van der Waals surface area (Å²) in [6.45, 7) is 1.93. The molecule has 4 heteroatoms. The van der Waals surface area contributed by atoms with Gasteiger partial charge in [0.25, 0.3) is 0 Å². The van der Waals surface area contributed by atoms with Gasteiger partial charge in [0.2, 0.25) is 0 Å². The van der Waals surface area contributed by atoms with E-state index in [1.807, 2.05) is 37.3 Å². The van der Waals surface area contributed by atoms with Crippen molar-refractivity contribution in [3.05, 3.63) is 68.9 Å². The molecule has 2 aromatic rings. The molecule has 2 aromatic carbocycles. The maximum atomic E-state index is 13.4. The van der Waals surface area contributed by atoms with Gasteiger partial charge in [-0.25, -0.2) is 4.39 Å². The van der Waals surface area contributed by atoms with Crippen LogP contribution >= 0.6 is 27.5 Å². The molecular weight excluding hydrogens is 329 g/mol. The summed E-state index contributed by atoms with van der Waals surface area (Å²) >= 11 is 9.15. The van der Waals surface area contributed by atoms with Crippen LogP contribution in [0.2, 0.25) is 5.02 Å². The summed E-state index contributed by atoms with van der Waals surface area (Å²) in [4.78, 5) is 0. The van der Waals surface area contributed by atoms with Crippen LogP contribution < -0.4 is 5.73 Å². The maximum absolute atomic E-state index is 13.4. The van der Waals surface area contributed by atoms with Crippen LogP contribution in [0.3, 0.4) is 0 Å². The van der Waals surface area contributed by atoms with E-state index in [2.05, 4.69) is 15.9 Å². The SMILES string of the molecule is CC(N)(Cc1cc(F)cc(Br)c1)c1ccc(Cl)cc1. The molecule has 0 radical (unpaired) electrons. The number of benzene rings is 2. The van der Waals surface area contributed by atoms with Crippen LogP contribution in [0.1, 0.15) is 18.1 Å². The Morgan fingerprint density at radius 1 is 1.21 bits per heavy atom. The summed E-state index contributed by atoms with van der Waals surface area (Å²) < 4.78 is 14.1. The third-order valence-electron chi connectivity index (χ3n) is 3.00. The Balaban J connectivity index is 2.27. The number of nitrogens with two attached hydrogens (primary N) is 1. The number of rotatable bonds is 3. The molecule has 1 atom stereocenters. The molecule has 0 spiro atoms. The Labute approximate surface area is 125 Å². The zero-order chi connectivity index (χ0) is 14.0. The van der Waals surface area contributed by atoms with Gasteiger partial charge in [-0.05, 0) is 54.8 Å². The second-order valence-corrected chi connectivity index (χ2v) is 6.23. The minimum Gasteiger partial charge on any atom is -0.321 e. The minimum atomic E-state index is -0.572. The second-order valence-electron chi connectivity index (χ2n) is 4.88. The van der Waals surface area contributed by atoms with Gasteiger partial charge >= 0.3 is 0 Å². The summed E-state index contributed by atoms with van der Waals surface area (Å²) in [6.07, 6.45) is 0.547. The van der Waals surface area contributed by atoms with E-state index in [0.29, 0.717) is 11.4 Å². The van der Waals surface area contributed by atoms with Crippen molar-refractivity contribution in [1.82, 2.24) is 0 Å². The highest BCUT2D eigenvalue weighted by atomic mass is 79.9. The predicted molar refractivity (Wildman–Crippen MR) is 80.8 cm³/mol. The average Bonchev–Trinajstić information content (AvgIpc) is 2.27. The van der Waals surface area contributed by atoms with E-state index in [4.69, 9.17) is 17.3 Å². The van der Waals surface area contributed by atoms with Gasteiger partial charge in [0.15, 0.2) is 0 Å². The third-order valence-corrected chi connectivity index (χ3v) is 3.71. The first-order valence-electron chi connectivity index (χ1n) is 5.87. The van der Waals surface area contributed by atoms with E-state index in [-0.39, 0.29) is 5.82 Å². The Morgan fingerprint density at radius 2 is 1.84 bits per heavy atom. The Morgan fingerprint density at radius 3 is 2.42 bits per heavy atom. The number of halogens is 3. The van der Waals surface area contributed by atoms with E-state index in [0.717, 1.165) is 15.6 Å². The van der Waals surface area contributed by atoms with Crippen molar-refractivity contribution >= 4 is 27.5 Å². The third kappa shape index (κ3) is 3.78. The fraction of sp³-hybridized carbons (Fsp3) is 0.200. The highest BCUT2D eigenvalue weighted by Crippen LogP contribution is 2.26. The summed E-state index contributed by atoms with van der Waals surface area (Å²) in [7, 11) is 0. The number of hydrogen-bond acceptors (Lipinski definition) is 1. The summed E-state index contributed by atoms with van der Waals surface area (Å²) in [5, 5.41) is 0.674. The molecule has 1 unspecified atom stereocenters. The van der Waals surface area contributed by atoms with Crippen molar-refractivity contribution in [2.75, 3.05) is 0 Å². The Kier molecular flexibility index (Phi) is 4.29. The fourth-order valence-corrected chi connectivity index (χ4v) is 2.71. The van der Waals surface area contributed by atoms with Gasteiger partial charge in [0, 0.05) is 15.0 Å². The molecule has 0 aromatic heterocycles. The van der Waals surface area contributed by atoms with Crippen molar-refractivity contribution < 1.29 is 4.39 Å². The quantitative estimate of drug-likeness (QED) is 0.862. The maximum Gasteiger partial charge on any atom is 0.124 e. The highest BCUT2D eigenvalue weighted by molar-refractivity contribution is 9.10. The van der Waals surface area contributed by atoms with Gasteiger partial charge in [-0.15, -0.1) is 0 Å². The number of hydrogen-bond donors (Lipinski definition) is 1. The van der Waals surface area contributed by atoms with Gasteiger partial charge in [0.05, 0.1) is 0 Å². The average molecular weight is 343 g/mol. The summed E-state index contributed by atoms with van der Waals surface area (Å²) in [5.41, 5.74) is 7.59. The van der Waals surface area contributed by atoms with Crippen LogP contribution in [-0.2, 0) is 12.0 Å². The summed E-state index contributed by atoms with van der Waals surface area (Å²) in [6, 6.07) is 12.2. The molecule has 2 rings (SSSR count). The minimum absolute atomic E-state index is 0.267. The first kappa shape index (κ1) is 14.5. The van der Waals surface area contributed by atoms with Crippen LogP contribution in [-0.4, -0.2) is 0 Å². The van der Waals surface area contributed by atoms with Crippen molar-refractivity contribution in [3.8, 4) is 0 Å². The molecule has 0 saturated carbocycles. The van der Waals surface area contributed by atoms with Crippen molar-refractivity contribution in [1.29, 1.82) is 0 Å². The van der Waals surface area contributed by atoms with Gasteiger partial charge < -0.3 is 5.73 Å². The lowest BCUT2D eigenvalue weighted by Crippen LogP contribution is -2.35. The molecule has 1 nitrogen and oxygen atoms in total. The van der Waals surface area contributed by atoms with E-state index in [1.54, 1.807) is 0 Å². The monoisotopic (exact) mass is 341 g/mol. The lowest BCUT2D eigenvalue weighted by molar-refractivity contribution is 0.489. The lowest BCUT2D eigenvalue weighted by atomic mass is 9.87. The van der Waals surface area contributed by atoms with Gasteiger partial charge in [-0.2, -0.15) is 0 Å². The van der Waals surface area contributed by atoms with E-state index < -0.39 is 5.54 Å². The largest absolute Gasteiger partial charge is 0.321 e. The zero-order valence-electron chi connectivity index (χ0n) is 10.5. The molecule has 0 bridgehead atoms. The smallest absolute Gasteiger partial charge is 0.124 e. The molecule has 19 heavy (non-hydrogen) atoms. The summed E-state index contributed by atoms with van der Waals surface area (Å²) in [5.74, 6) is -0.267. The zero-order valence-corrected chi connectivity index (χ0v) is 12.8. The predicted octanol–water partition coefficient (Wildman–Crippen LogP) is 4.66. The molecule has 0 fully saturated rings. The molecule has 0 heterocycles. The fourth-order valence-electron chi connectivity index (χ4n) is 2.07. The van der Waals surface area contributed by atoms with Gasteiger partial charge in [0.1, 0.15) is 5.82 Å². The molecule has 0 aliphatic rings. The van der Waals surface area contributed by atoms with Crippen LogP contribution in [0.5, 0.6) is 0 Å². The standard InChI is InChI=1S/C15H14BrClFN/c1-15(19,11-2-4-13(17)5-3-11)9-10-6-12(16)8-14(18)7-10/h2-8H,9,19H2,1H3. The molecule has 0 saturated heterocycles. The van der Waals surface area contributed by atoms with Crippen LogP contribution in [0, 0.1) is 5.82 Å². The van der Waals surface area contributed by atoms with Crippen molar-refractivity contribution in [3.63, 3.8) is 0 Å². The van der Waals surface area contributed by atoms with E-state index in [9.17, 15) is 4.39 Å². The molecule has 100 valence electrons. The first-order chi connectivity index (χ1) is 8.87. The lowest BCUT2D eigenvalue weighted by Gasteiger charge is -2.25. The molecule has 0 aliphatic carbocycles. The van der Waals surface area contributed by atoms with E-state index >= 15 is 0 Å². The topological polar surface area (TPSA) is 26.0 Å². The second kappa shape index (κ2) is 5.61. The first-order valence-corrected chi connectivity index (χ1v) is 7.04. The molecule has 0 amide bonds. The van der Waals surface area contributed by atoms with Crippen LogP contribution in [0.15, 0.2) is 46.9 Å².